The Morgan fingerprint density at radius 2 is 1.55 bits per heavy atom. The van der Waals surface area contributed by atoms with Gasteiger partial charge in [0.2, 0.25) is 0 Å². The Balaban J connectivity index is 2.97. The molecule has 0 aromatic heterocycles. The summed E-state index contributed by atoms with van der Waals surface area (Å²) in [6, 6.07) is 0. The molecule has 2 atom stereocenters. The van der Waals surface area contributed by atoms with Crippen LogP contribution in [0, 0.1) is 5.41 Å². The van der Waals surface area contributed by atoms with E-state index in [4.69, 9.17) is 14.2 Å². The van der Waals surface area contributed by atoms with Gasteiger partial charge in [-0.3, -0.25) is 9.59 Å². The molecule has 0 heterocycles. The summed E-state index contributed by atoms with van der Waals surface area (Å²) < 4.78 is 15.4. The number of aliphatic hydroxyl groups excluding tert-OH is 1. The molecule has 6 nitrogen and oxygen atoms in total. The van der Waals surface area contributed by atoms with Gasteiger partial charge in [0.15, 0.2) is 5.41 Å². The number of carbonyl (C=O) groups is 2. The molecule has 1 unspecified atom stereocenters. The zero-order chi connectivity index (χ0) is 16.6. The molecule has 6 heteroatoms. The van der Waals surface area contributed by atoms with Crippen molar-refractivity contribution in [3.8, 4) is 0 Å². The van der Waals surface area contributed by atoms with E-state index in [1.807, 2.05) is 0 Å². The number of hydrogen-bond acceptors (Lipinski definition) is 6. The third-order valence-electron chi connectivity index (χ3n) is 3.45. The summed E-state index contributed by atoms with van der Waals surface area (Å²) in [4.78, 5) is 24.7. The highest BCUT2D eigenvalue weighted by Gasteiger charge is 2.60. The summed E-state index contributed by atoms with van der Waals surface area (Å²) in [5.74, 6) is -1.67. The largest absolute Gasteiger partial charge is 0.461 e. The van der Waals surface area contributed by atoms with E-state index in [2.05, 4.69) is 19.7 Å². The topological polar surface area (TPSA) is 82.1 Å². The Labute approximate surface area is 130 Å². The molecule has 1 saturated carbocycles. The molecular weight excluding hydrogens is 288 g/mol. The molecule has 1 aliphatic rings. The molecule has 22 heavy (non-hydrogen) atoms. The van der Waals surface area contributed by atoms with Gasteiger partial charge in [-0.1, -0.05) is 31.4 Å². The third-order valence-corrected chi connectivity index (χ3v) is 3.45. The van der Waals surface area contributed by atoms with Crippen LogP contribution in [-0.4, -0.2) is 49.1 Å². The molecule has 0 bridgehead atoms. The minimum atomic E-state index is -1.78. The molecule has 1 fully saturated rings. The smallest absolute Gasteiger partial charge is 0.326 e. The van der Waals surface area contributed by atoms with Gasteiger partial charge < -0.3 is 19.3 Å². The fourth-order valence-electron chi connectivity index (χ4n) is 2.41. The second-order valence-electron chi connectivity index (χ2n) is 4.95. The van der Waals surface area contributed by atoms with Crippen molar-refractivity contribution in [2.75, 3.05) is 19.8 Å². The van der Waals surface area contributed by atoms with Crippen LogP contribution in [0.15, 0.2) is 38.0 Å². The van der Waals surface area contributed by atoms with Gasteiger partial charge in [-0.25, -0.2) is 0 Å². The fourth-order valence-corrected chi connectivity index (χ4v) is 2.41. The first-order chi connectivity index (χ1) is 10.5. The Hall–Kier alpha value is -1.92. The maximum absolute atomic E-state index is 12.3. The highest BCUT2D eigenvalue weighted by atomic mass is 16.6. The predicted octanol–water partition coefficient (Wildman–Crippen LogP) is 1.16. The fraction of sp³-hybridized carbons (Fsp3) is 0.500. The number of aliphatic hydroxyl groups is 1. The molecular formula is C16H22O6. The molecule has 1 rings (SSSR count). The molecule has 0 spiro atoms. The van der Waals surface area contributed by atoms with Crippen LogP contribution in [0.3, 0.4) is 0 Å². The third kappa shape index (κ3) is 3.84. The van der Waals surface area contributed by atoms with Crippen molar-refractivity contribution in [3.05, 3.63) is 38.0 Å². The van der Waals surface area contributed by atoms with Crippen molar-refractivity contribution in [2.45, 2.75) is 25.0 Å². The first kappa shape index (κ1) is 18.1. The van der Waals surface area contributed by atoms with Crippen molar-refractivity contribution in [2.24, 2.45) is 5.41 Å². The van der Waals surface area contributed by atoms with E-state index in [9.17, 15) is 14.7 Å². The quantitative estimate of drug-likeness (QED) is 0.391. The van der Waals surface area contributed by atoms with Crippen molar-refractivity contribution in [1.29, 1.82) is 0 Å². The maximum Gasteiger partial charge on any atom is 0.326 e. The number of carbonyl (C=O) groups excluding carboxylic acids is 2. The van der Waals surface area contributed by atoms with Crippen molar-refractivity contribution in [3.63, 3.8) is 0 Å². The van der Waals surface area contributed by atoms with Gasteiger partial charge in [0, 0.05) is 12.8 Å². The van der Waals surface area contributed by atoms with E-state index in [1.54, 1.807) is 6.08 Å². The van der Waals surface area contributed by atoms with E-state index in [1.165, 1.54) is 12.2 Å². The lowest BCUT2D eigenvalue weighted by Crippen LogP contribution is -2.47. The van der Waals surface area contributed by atoms with Gasteiger partial charge in [0.1, 0.15) is 13.2 Å². The van der Waals surface area contributed by atoms with E-state index in [0.717, 1.165) is 0 Å². The summed E-state index contributed by atoms with van der Waals surface area (Å²) in [5, 5.41) is 10.3. The highest BCUT2D eigenvalue weighted by molar-refractivity contribution is 6.01. The van der Waals surface area contributed by atoms with Gasteiger partial charge >= 0.3 is 11.9 Å². The normalized spacial score (nSPS) is 22.6. The first-order valence-electron chi connectivity index (χ1n) is 6.99. The molecule has 1 N–H and O–H groups in total. The lowest BCUT2D eigenvalue weighted by molar-refractivity contribution is -0.178. The Morgan fingerprint density at radius 3 is 2.00 bits per heavy atom. The lowest BCUT2D eigenvalue weighted by atomic mass is 9.84. The van der Waals surface area contributed by atoms with Crippen LogP contribution >= 0.6 is 0 Å². The zero-order valence-corrected chi connectivity index (χ0v) is 12.5. The molecule has 0 radical (unpaired) electrons. The summed E-state index contributed by atoms with van der Waals surface area (Å²) in [5.41, 5.74) is -1.78. The average molecular weight is 310 g/mol. The summed E-state index contributed by atoms with van der Waals surface area (Å²) in [6.07, 6.45) is 2.76. The highest BCUT2D eigenvalue weighted by Crippen LogP contribution is 2.42. The second kappa shape index (κ2) is 8.51. The molecule has 0 amide bonds. The monoisotopic (exact) mass is 310 g/mol. The zero-order valence-electron chi connectivity index (χ0n) is 12.5. The molecule has 0 aromatic carbocycles. The summed E-state index contributed by atoms with van der Waals surface area (Å²) >= 11 is 0. The average Bonchev–Trinajstić information content (AvgIpc) is 2.85. The predicted molar refractivity (Wildman–Crippen MR) is 79.9 cm³/mol. The van der Waals surface area contributed by atoms with Crippen LogP contribution in [-0.2, 0) is 23.8 Å². The maximum atomic E-state index is 12.3. The van der Waals surface area contributed by atoms with Gasteiger partial charge in [-0.2, -0.15) is 0 Å². The van der Waals surface area contributed by atoms with Gasteiger partial charge in [0.05, 0.1) is 18.8 Å². The molecule has 0 saturated heterocycles. The number of hydrogen-bond donors (Lipinski definition) is 1. The Kier molecular flexibility index (Phi) is 7.01. The second-order valence-corrected chi connectivity index (χ2v) is 4.95. The van der Waals surface area contributed by atoms with Crippen LogP contribution in [0.25, 0.3) is 0 Å². The van der Waals surface area contributed by atoms with Crippen LogP contribution in [0.2, 0.25) is 0 Å². The van der Waals surface area contributed by atoms with Crippen LogP contribution in [0.4, 0.5) is 0 Å². The summed E-state index contributed by atoms with van der Waals surface area (Å²) in [6.45, 7) is 10.6. The van der Waals surface area contributed by atoms with E-state index < -0.39 is 29.6 Å². The molecule has 0 aliphatic heterocycles. The number of rotatable bonds is 9. The van der Waals surface area contributed by atoms with Crippen LogP contribution in [0.1, 0.15) is 12.8 Å². The van der Waals surface area contributed by atoms with Crippen molar-refractivity contribution in [1.82, 2.24) is 0 Å². The first-order valence-corrected chi connectivity index (χ1v) is 6.99. The Bertz CT molecular complexity index is 418. The van der Waals surface area contributed by atoms with E-state index in [0.29, 0.717) is 0 Å². The lowest BCUT2D eigenvalue weighted by Gasteiger charge is -2.27. The SMILES string of the molecule is C=CCOC(=O)C1(C(=O)OCC=C)C[C@@H](OCC=C)CC1O. The Morgan fingerprint density at radius 1 is 1.05 bits per heavy atom. The molecule has 0 aromatic rings. The molecule has 122 valence electrons. The minimum absolute atomic E-state index is 0.00599. The van der Waals surface area contributed by atoms with Gasteiger partial charge in [-0.15, -0.1) is 6.58 Å². The standard InChI is InChI=1S/C16H22O6/c1-4-7-20-12-10-13(17)16(11-12,14(18)21-8-5-2)15(19)22-9-6-3/h4-6,12-13,17H,1-3,7-11H2/t12-,13?/m0/s1. The van der Waals surface area contributed by atoms with E-state index >= 15 is 0 Å². The van der Waals surface area contributed by atoms with Gasteiger partial charge in [-0.05, 0) is 0 Å². The van der Waals surface area contributed by atoms with Gasteiger partial charge in [0.25, 0.3) is 0 Å². The van der Waals surface area contributed by atoms with Crippen LogP contribution in [0.5, 0.6) is 0 Å². The number of ether oxygens (including phenoxy) is 3. The van der Waals surface area contributed by atoms with Crippen molar-refractivity contribution < 1.29 is 28.9 Å². The molecule has 1 aliphatic carbocycles. The van der Waals surface area contributed by atoms with E-state index in [-0.39, 0.29) is 32.7 Å². The summed E-state index contributed by atoms with van der Waals surface area (Å²) in [7, 11) is 0. The number of esters is 2. The minimum Gasteiger partial charge on any atom is -0.461 e. The van der Waals surface area contributed by atoms with Crippen LogP contribution < -0.4 is 0 Å². The van der Waals surface area contributed by atoms with Crippen molar-refractivity contribution >= 4 is 11.9 Å².